The van der Waals surface area contributed by atoms with Crippen molar-refractivity contribution in [3.05, 3.63) is 0 Å². The normalized spacial score (nSPS) is 20.1. The minimum absolute atomic E-state index is 0.115. The van der Waals surface area contributed by atoms with Gasteiger partial charge in [-0.3, -0.25) is 9.69 Å². The average Bonchev–Trinajstić information content (AvgIpc) is 2.54. The maximum atomic E-state index is 11.3. The van der Waals surface area contributed by atoms with Gasteiger partial charge in [-0.05, 0) is 19.9 Å². The van der Waals surface area contributed by atoms with Crippen molar-refractivity contribution in [2.45, 2.75) is 26.4 Å². The van der Waals surface area contributed by atoms with E-state index in [4.69, 9.17) is 10.5 Å². The number of ether oxygens (including phenoxy) is 1. The van der Waals surface area contributed by atoms with Gasteiger partial charge >= 0.3 is 0 Å². The number of rotatable bonds is 5. The van der Waals surface area contributed by atoms with E-state index in [1.165, 1.54) is 0 Å². The molecule has 0 aromatic carbocycles. The predicted octanol–water partition coefficient (Wildman–Crippen LogP) is -0.0956. The van der Waals surface area contributed by atoms with Crippen LogP contribution in [0.5, 0.6) is 0 Å². The Kier molecular flexibility index (Phi) is 6.47. The summed E-state index contributed by atoms with van der Waals surface area (Å²) in [5.41, 5.74) is 5.67. The molecule has 1 aliphatic heterocycles. The topological polar surface area (TPSA) is 58.8 Å². The summed E-state index contributed by atoms with van der Waals surface area (Å²) in [7, 11) is 0. The van der Waals surface area contributed by atoms with Crippen molar-refractivity contribution in [3.63, 3.8) is 0 Å². The molecule has 5 heteroatoms. The third-order valence-corrected chi connectivity index (χ3v) is 3.16. The molecule has 100 valence electrons. The minimum Gasteiger partial charge on any atom is -0.376 e. The van der Waals surface area contributed by atoms with Gasteiger partial charge in [0.2, 0.25) is 5.91 Å². The fraction of sp³-hybridized carbons (Fsp3) is 0.917. The summed E-state index contributed by atoms with van der Waals surface area (Å²) in [6.07, 6.45) is 1.15. The van der Waals surface area contributed by atoms with E-state index in [0.717, 1.165) is 39.1 Å². The summed E-state index contributed by atoms with van der Waals surface area (Å²) in [4.78, 5) is 15.6. The number of nitrogens with two attached hydrogens (primary N) is 1. The molecule has 0 aromatic rings. The standard InChI is InChI=1S/C12H25N3O2/c1-3-17-12(9-13)10-14-5-4-6-15(8-7-14)11(2)16/h12H,3-10,13H2,1-2H3. The highest BCUT2D eigenvalue weighted by Gasteiger charge is 2.18. The molecule has 1 rings (SSSR count). The van der Waals surface area contributed by atoms with Crippen molar-refractivity contribution in [2.24, 2.45) is 5.73 Å². The summed E-state index contributed by atoms with van der Waals surface area (Å²) in [5, 5.41) is 0. The first-order valence-corrected chi connectivity index (χ1v) is 6.47. The van der Waals surface area contributed by atoms with Gasteiger partial charge in [0.1, 0.15) is 0 Å². The van der Waals surface area contributed by atoms with Crippen LogP contribution in [0.1, 0.15) is 20.3 Å². The van der Waals surface area contributed by atoms with Gasteiger partial charge in [0, 0.05) is 46.3 Å². The first-order valence-electron chi connectivity index (χ1n) is 6.47. The molecule has 0 aromatic heterocycles. The first kappa shape index (κ1) is 14.4. The predicted molar refractivity (Wildman–Crippen MR) is 67.8 cm³/mol. The molecule has 0 aliphatic carbocycles. The van der Waals surface area contributed by atoms with Gasteiger partial charge in [0.05, 0.1) is 6.10 Å². The highest BCUT2D eigenvalue weighted by Crippen LogP contribution is 2.05. The van der Waals surface area contributed by atoms with Crippen molar-refractivity contribution in [1.82, 2.24) is 9.80 Å². The smallest absolute Gasteiger partial charge is 0.219 e. The Balaban J connectivity index is 2.37. The zero-order chi connectivity index (χ0) is 12.7. The summed E-state index contributed by atoms with van der Waals surface area (Å²) < 4.78 is 5.56. The second kappa shape index (κ2) is 7.63. The third kappa shape index (κ3) is 5.02. The molecule has 0 radical (unpaired) electrons. The molecular weight excluding hydrogens is 218 g/mol. The number of amides is 1. The largest absolute Gasteiger partial charge is 0.376 e. The van der Waals surface area contributed by atoms with Gasteiger partial charge in [-0.25, -0.2) is 0 Å². The lowest BCUT2D eigenvalue weighted by Crippen LogP contribution is -2.40. The van der Waals surface area contributed by atoms with Crippen LogP contribution in [0, 0.1) is 0 Å². The Bertz CT molecular complexity index is 236. The van der Waals surface area contributed by atoms with Crippen LogP contribution in [0.4, 0.5) is 0 Å². The van der Waals surface area contributed by atoms with E-state index >= 15 is 0 Å². The van der Waals surface area contributed by atoms with Crippen molar-refractivity contribution in [1.29, 1.82) is 0 Å². The Labute approximate surface area is 104 Å². The summed E-state index contributed by atoms with van der Waals surface area (Å²) in [6.45, 7) is 9.39. The van der Waals surface area contributed by atoms with Gasteiger partial charge in [0.15, 0.2) is 0 Å². The maximum Gasteiger partial charge on any atom is 0.219 e. The Morgan fingerprint density at radius 2 is 2.12 bits per heavy atom. The molecule has 0 bridgehead atoms. The summed E-state index contributed by atoms with van der Waals surface area (Å²) in [6, 6.07) is 0. The number of hydrogen-bond donors (Lipinski definition) is 1. The highest BCUT2D eigenvalue weighted by molar-refractivity contribution is 5.73. The fourth-order valence-corrected chi connectivity index (χ4v) is 2.19. The molecule has 0 spiro atoms. The van der Waals surface area contributed by atoms with Crippen LogP contribution < -0.4 is 5.73 Å². The number of nitrogens with zero attached hydrogens (tertiary/aromatic N) is 2. The van der Waals surface area contributed by atoms with E-state index in [1.54, 1.807) is 6.92 Å². The van der Waals surface area contributed by atoms with Gasteiger partial charge in [-0.2, -0.15) is 0 Å². The lowest BCUT2D eigenvalue weighted by Gasteiger charge is -2.25. The lowest BCUT2D eigenvalue weighted by molar-refractivity contribution is -0.128. The van der Waals surface area contributed by atoms with E-state index in [1.807, 2.05) is 11.8 Å². The first-order chi connectivity index (χ1) is 8.17. The quantitative estimate of drug-likeness (QED) is 0.733. The van der Waals surface area contributed by atoms with Gasteiger partial charge in [-0.15, -0.1) is 0 Å². The number of carbonyl (C=O) groups excluding carboxylic acids is 1. The molecule has 2 N–H and O–H groups in total. The molecule has 1 atom stereocenters. The summed E-state index contributed by atoms with van der Waals surface area (Å²) in [5.74, 6) is 0.173. The monoisotopic (exact) mass is 243 g/mol. The molecule has 1 aliphatic rings. The Morgan fingerprint density at radius 1 is 1.35 bits per heavy atom. The molecule has 1 saturated heterocycles. The van der Waals surface area contributed by atoms with Gasteiger partial charge < -0.3 is 15.4 Å². The average molecular weight is 243 g/mol. The van der Waals surface area contributed by atoms with Crippen molar-refractivity contribution in [2.75, 3.05) is 45.9 Å². The molecule has 1 unspecified atom stereocenters. The highest BCUT2D eigenvalue weighted by atomic mass is 16.5. The van der Waals surface area contributed by atoms with E-state index in [-0.39, 0.29) is 12.0 Å². The van der Waals surface area contributed by atoms with E-state index in [9.17, 15) is 4.79 Å². The van der Waals surface area contributed by atoms with Crippen LogP contribution >= 0.6 is 0 Å². The van der Waals surface area contributed by atoms with Crippen LogP contribution in [-0.4, -0.2) is 67.7 Å². The van der Waals surface area contributed by atoms with Crippen molar-refractivity contribution >= 4 is 5.91 Å². The maximum absolute atomic E-state index is 11.3. The fourth-order valence-electron chi connectivity index (χ4n) is 2.19. The second-order valence-electron chi connectivity index (χ2n) is 4.47. The molecule has 17 heavy (non-hydrogen) atoms. The van der Waals surface area contributed by atoms with Crippen LogP contribution in [-0.2, 0) is 9.53 Å². The molecule has 1 fully saturated rings. The molecule has 0 saturated carbocycles. The third-order valence-electron chi connectivity index (χ3n) is 3.16. The SMILES string of the molecule is CCOC(CN)CN1CCCN(C(C)=O)CC1. The number of carbonyl (C=O) groups is 1. The van der Waals surface area contributed by atoms with Gasteiger partial charge in [0.25, 0.3) is 0 Å². The van der Waals surface area contributed by atoms with E-state index < -0.39 is 0 Å². The zero-order valence-corrected chi connectivity index (χ0v) is 11.0. The molecular formula is C12H25N3O2. The van der Waals surface area contributed by atoms with Crippen LogP contribution in [0.2, 0.25) is 0 Å². The zero-order valence-electron chi connectivity index (χ0n) is 11.0. The van der Waals surface area contributed by atoms with Crippen molar-refractivity contribution < 1.29 is 9.53 Å². The van der Waals surface area contributed by atoms with Gasteiger partial charge in [-0.1, -0.05) is 0 Å². The second-order valence-corrected chi connectivity index (χ2v) is 4.47. The number of hydrogen-bond acceptors (Lipinski definition) is 4. The van der Waals surface area contributed by atoms with Crippen LogP contribution in [0.3, 0.4) is 0 Å². The molecule has 5 nitrogen and oxygen atoms in total. The molecule has 1 heterocycles. The summed E-state index contributed by atoms with van der Waals surface area (Å²) >= 11 is 0. The van der Waals surface area contributed by atoms with E-state index in [0.29, 0.717) is 13.2 Å². The Hall–Kier alpha value is -0.650. The van der Waals surface area contributed by atoms with Crippen molar-refractivity contribution in [3.8, 4) is 0 Å². The van der Waals surface area contributed by atoms with Crippen LogP contribution in [0.15, 0.2) is 0 Å². The van der Waals surface area contributed by atoms with Crippen LogP contribution in [0.25, 0.3) is 0 Å². The Morgan fingerprint density at radius 3 is 2.71 bits per heavy atom. The van der Waals surface area contributed by atoms with E-state index in [2.05, 4.69) is 4.90 Å². The minimum atomic E-state index is 0.115. The lowest BCUT2D eigenvalue weighted by atomic mass is 10.3. The molecule has 1 amide bonds.